The van der Waals surface area contributed by atoms with E-state index in [1.165, 1.54) is 0 Å². The molecule has 136 valence electrons. The smallest absolute Gasteiger partial charge is 0.207 e. The fraction of sp³-hybridized carbons (Fsp3) is 0.0909. The van der Waals surface area contributed by atoms with Crippen molar-refractivity contribution in [2.45, 2.75) is 17.9 Å². The van der Waals surface area contributed by atoms with Crippen LogP contribution in [0.15, 0.2) is 88.2 Å². The summed E-state index contributed by atoms with van der Waals surface area (Å²) < 4.78 is 29.2. The summed E-state index contributed by atoms with van der Waals surface area (Å²) in [6, 6.07) is 23.0. The second kappa shape index (κ2) is 8.53. The van der Waals surface area contributed by atoms with Crippen LogP contribution >= 0.6 is 15.9 Å². The van der Waals surface area contributed by atoms with Gasteiger partial charge in [-0.05, 0) is 42.8 Å². The summed E-state index contributed by atoms with van der Waals surface area (Å²) in [5, 5.41) is 0. The molecule has 27 heavy (non-hydrogen) atoms. The molecule has 0 aliphatic heterocycles. The van der Waals surface area contributed by atoms with Crippen molar-refractivity contribution in [3.8, 4) is 11.8 Å². The van der Waals surface area contributed by atoms with Gasteiger partial charge in [0.25, 0.3) is 0 Å². The Morgan fingerprint density at radius 2 is 1.52 bits per heavy atom. The number of nitrogens with one attached hydrogen (secondary N) is 1. The van der Waals surface area contributed by atoms with E-state index in [0.29, 0.717) is 0 Å². The van der Waals surface area contributed by atoms with E-state index >= 15 is 0 Å². The van der Waals surface area contributed by atoms with Gasteiger partial charge in [-0.1, -0.05) is 81.9 Å². The highest BCUT2D eigenvalue weighted by Gasteiger charge is 2.21. The molecule has 0 saturated heterocycles. The van der Waals surface area contributed by atoms with Gasteiger partial charge in [0, 0.05) is 10.0 Å². The minimum atomic E-state index is -3.72. The number of hydrogen-bond donors (Lipinski definition) is 1. The predicted octanol–water partition coefficient (Wildman–Crippen LogP) is 4.83. The Morgan fingerprint density at radius 1 is 0.889 bits per heavy atom. The number of benzene rings is 3. The van der Waals surface area contributed by atoms with Crippen molar-refractivity contribution >= 4 is 26.0 Å². The molecule has 0 amide bonds. The number of halogens is 1. The molecule has 0 aliphatic rings. The Balaban J connectivity index is 1.99. The highest BCUT2D eigenvalue weighted by molar-refractivity contribution is 9.10. The first kappa shape index (κ1) is 19.4. The summed E-state index contributed by atoms with van der Waals surface area (Å²) in [5.41, 5.74) is 2.58. The lowest BCUT2D eigenvalue weighted by Crippen LogP contribution is -2.28. The first-order valence-corrected chi connectivity index (χ1v) is 10.6. The highest BCUT2D eigenvalue weighted by Crippen LogP contribution is 2.25. The van der Waals surface area contributed by atoms with Crippen LogP contribution in [0.3, 0.4) is 0 Å². The SMILES string of the molecule is Cc1ccc(S(=O)(=O)NC(C#Cc2ccccc2)c2ccccc2Br)cc1. The van der Waals surface area contributed by atoms with Gasteiger partial charge in [0.05, 0.1) is 4.90 Å². The van der Waals surface area contributed by atoms with Gasteiger partial charge in [0.2, 0.25) is 10.0 Å². The van der Waals surface area contributed by atoms with Crippen molar-refractivity contribution in [1.82, 2.24) is 4.72 Å². The van der Waals surface area contributed by atoms with E-state index in [1.54, 1.807) is 24.3 Å². The Hall–Kier alpha value is -2.39. The van der Waals surface area contributed by atoms with Crippen molar-refractivity contribution in [3.05, 3.63) is 100 Å². The molecule has 0 aliphatic carbocycles. The van der Waals surface area contributed by atoms with Crippen LogP contribution in [0.4, 0.5) is 0 Å². The molecule has 0 fully saturated rings. The van der Waals surface area contributed by atoms with Gasteiger partial charge in [-0.25, -0.2) is 8.42 Å². The summed E-state index contributed by atoms with van der Waals surface area (Å²) in [6.07, 6.45) is 0. The fourth-order valence-electron chi connectivity index (χ4n) is 2.50. The Bertz CT molecular complexity index is 1080. The molecule has 3 nitrogen and oxygen atoms in total. The Kier molecular flexibility index (Phi) is 6.12. The zero-order valence-corrected chi connectivity index (χ0v) is 17.1. The van der Waals surface area contributed by atoms with Gasteiger partial charge in [0.1, 0.15) is 6.04 Å². The minimum absolute atomic E-state index is 0.215. The minimum Gasteiger partial charge on any atom is -0.207 e. The largest absolute Gasteiger partial charge is 0.241 e. The van der Waals surface area contributed by atoms with E-state index in [2.05, 4.69) is 32.5 Å². The van der Waals surface area contributed by atoms with Crippen LogP contribution in [-0.2, 0) is 10.0 Å². The molecule has 0 aromatic heterocycles. The van der Waals surface area contributed by atoms with Gasteiger partial charge in [-0.15, -0.1) is 0 Å². The molecule has 3 aromatic carbocycles. The molecular formula is C22H18BrNO2S. The van der Waals surface area contributed by atoms with Crippen LogP contribution in [0.25, 0.3) is 0 Å². The van der Waals surface area contributed by atoms with Crippen molar-refractivity contribution in [2.24, 2.45) is 0 Å². The summed E-state index contributed by atoms with van der Waals surface area (Å²) in [7, 11) is -3.72. The van der Waals surface area contributed by atoms with E-state index < -0.39 is 16.1 Å². The standard InChI is InChI=1S/C22H18BrNO2S/c1-17-11-14-19(15-12-17)27(25,26)24-22(20-9-5-6-10-21(20)23)16-13-18-7-3-2-4-8-18/h2-12,14-15,22,24H,1H3. The zero-order chi connectivity index (χ0) is 19.3. The van der Waals surface area contributed by atoms with E-state index in [-0.39, 0.29) is 4.90 Å². The first-order chi connectivity index (χ1) is 13.0. The van der Waals surface area contributed by atoms with E-state index in [9.17, 15) is 8.42 Å². The summed E-state index contributed by atoms with van der Waals surface area (Å²) in [4.78, 5) is 0.215. The van der Waals surface area contributed by atoms with Gasteiger partial charge in [-0.2, -0.15) is 4.72 Å². The van der Waals surface area contributed by atoms with E-state index in [0.717, 1.165) is 21.2 Å². The average Bonchev–Trinajstić information content (AvgIpc) is 2.67. The molecule has 5 heteroatoms. The van der Waals surface area contributed by atoms with Gasteiger partial charge < -0.3 is 0 Å². The Morgan fingerprint density at radius 3 is 2.19 bits per heavy atom. The topological polar surface area (TPSA) is 46.2 Å². The van der Waals surface area contributed by atoms with Gasteiger partial charge in [-0.3, -0.25) is 0 Å². The molecular weight excluding hydrogens is 422 g/mol. The van der Waals surface area contributed by atoms with Crippen LogP contribution < -0.4 is 4.72 Å². The third kappa shape index (κ3) is 5.08. The number of rotatable bonds is 4. The molecule has 0 radical (unpaired) electrons. The number of sulfonamides is 1. The molecule has 3 aromatic rings. The molecule has 0 saturated carbocycles. The fourth-order valence-corrected chi connectivity index (χ4v) is 4.14. The number of hydrogen-bond acceptors (Lipinski definition) is 2. The van der Waals surface area contributed by atoms with Crippen molar-refractivity contribution in [1.29, 1.82) is 0 Å². The molecule has 3 rings (SSSR count). The zero-order valence-electron chi connectivity index (χ0n) is 14.7. The lowest BCUT2D eigenvalue weighted by atomic mass is 10.1. The third-order valence-corrected chi connectivity index (χ3v) is 6.12. The second-order valence-corrected chi connectivity index (χ2v) is 8.59. The molecule has 0 spiro atoms. The lowest BCUT2D eigenvalue weighted by molar-refractivity contribution is 0.576. The maximum absolute atomic E-state index is 12.9. The third-order valence-electron chi connectivity index (χ3n) is 3.96. The van der Waals surface area contributed by atoms with Gasteiger partial charge >= 0.3 is 0 Å². The van der Waals surface area contributed by atoms with E-state index in [1.807, 2.05) is 61.5 Å². The monoisotopic (exact) mass is 439 g/mol. The van der Waals surface area contributed by atoms with E-state index in [4.69, 9.17) is 0 Å². The van der Waals surface area contributed by atoms with Crippen LogP contribution in [-0.4, -0.2) is 8.42 Å². The van der Waals surface area contributed by atoms with Crippen LogP contribution in [0, 0.1) is 18.8 Å². The Labute approximate surface area is 168 Å². The highest BCUT2D eigenvalue weighted by atomic mass is 79.9. The lowest BCUT2D eigenvalue weighted by Gasteiger charge is -2.15. The molecule has 1 unspecified atom stereocenters. The maximum Gasteiger partial charge on any atom is 0.241 e. The maximum atomic E-state index is 12.9. The van der Waals surface area contributed by atoms with Crippen LogP contribution in [0.1, 0.15) is 22.7 Å². The molecule has 1 N–H and O–H groups in total. The van der Waals surface area contributed by atoms with Crippen molar-refractivity contribution in [3.63, 3.8) is 0 Å². The molecule has 1 atom stereocenters. The first-order valence-electron chi connectivity index (χ1n) is 8.36. The second-order valence-electron chi connectivity index (χ2n) is 6.02. The van der Waals surface area contributed by atoms with Gasteiger partial charge in [0.15, 0.2) is 0 Å². The van der Waals surface area contributed by atoms with Crippen molar-refractivity contribution in [2.75, 3.05) is 0 Å². The normalized spacial score (nSPS) is 12.1. The predicted molar refractivity (Wildman–Crippen MR) is 112 cm³/mol. The van der Waals surface area contributed by atoms with Crippen molar-refractivity contribution < 1.29 is 8.42 Å². The summed E-state index contributed by atoms with van der Waals surface area (Å²) in [5.74, 6) is 6.12. The molecule has 0 heterocycles. The summed E-state index contributed by atoms with van der Waals surface area (Å²) >= 11 is 3.49. The average molecular weight is 440 g/mol. The van der Waals surface area contributed by atoms with Crippen LogP contribution in [0.2, 0.25) is 0 Å². The van der Waals surface area contributed by atoms with Crippen LogP contribution in [0.5, 0.6) is 0 Å². The summed E-state index contributed by atoms with van der Waals surface area (Å²) in [6.45, 7) is 1.92. The number of aryl methyl sites for hydroxylation is 1. The molecule has 0 bridgehead atoms. The quantitative estimate of drug-likeness (QED) is 0.591.